The molecule has 1 amide bonds. The average Bonchev–Trinajstić information content (AvgIpc) is 3.03. The summed E-state index contributed by atoms with van der Waals surface area (Å²) >= 11 is 0. The Hall–Kier alpha value is -2.24. The lowest BCUT2D eigenvalue weighted by Crippen LogP contribution is -2.39. The third-order valence-corrected chi connectivity index (χ3v) is 4.56. The summed E-state index contributed by atoms with van der Waals surface area (Å²) in [4.78, 5) is 23.7. The second-order valence-electron chi connectivity index (χ2n) is 6.71. The first kappa shape index (κ1) is 21.1. The number of amides is 1. The standard InChI is InChI=1S/C21H32N2O4/c1-3-5-16-27-19-11-9-10-18(17-19)22-15-13-20(24)23(22)14-8-6-7-12-21(25)26-4-2/h9-11,17H,3-8,12-16H2,1-2H3. The molecule has 0 atom stereocenters. The zero-order chi connectivity index (χ0) is 19.5. The monoisotopic (exact) mass is 376 g/mol. The maximum Gasteiger partial charge on any atom is 0.305 e. The van der Waals surface area contributed by atoms with Crippen molar-refractivity contribution in [2.75, 3.05) is 31.3 Å². The topological polar surface area (TPSA) is 59.1 Å². The second-order valence-corrected chi connectivity index (χ2v) is 6.71. The Labute approximate surface area is 162 Å². The molecule has 0 N–H and O–H groups in total. The molecule has 1 aromatic carbocycles. The Morgan fingerprint density at radius 3 is 2.78 bits per heavy atom. The van der Waals surface area contributed by atoms with Crippen molar-refractivity contribution in [1.82, 2.24) is 5.01 Å². The zero-order valence-corrected chi connectivity index (χ0v) is 16.6. The Kier molecular flexibility index (Phi) is 8.95. The number of ether oxygens (including phenoxy) is 2. The van der Waals surface area contributed by atoms with Crippen molar-refractivity contribution in [2.45, 2.75) is 58.8 Å². The zero-order valence-electron chi connectivity index (χ0n) is 16.6. The molecular weight excluding hydrogens is 344 g/mol. The maximum atomic E-state index is 12.3. The summed E-state index contributed by atoms with van der Waals surface area (Å²) in [6, 6.07) is 7.94. The van der Waals surface area contributed by atoms with Crippen LogP contribution < -0.4 is 9.75 Å². The predicted octanol–water partition coefficient (Wildman–Crippen LogP) is 3.94. The van der Waals surface area contributed by atoms with Crippen molar-refractivity contribution >= 4 is 17.6 Å². The second kappa shape index (κ2) is 11.5. The van der Waals surface area contributed by atoms with Crippen LogP contribution in [0.4, 0.5) is 5.69 Å². The van der Waals surface area contributed by atoms with E-state index < -0.39 is 0 Å². The summed E-state index contributed by atoms with van der Waals surface area (Å²) < 4.78 is 10.7. The van der Waals surface area contributed by atoms with Crippen LogP contribution >= 0.6 is 0 Å². The van der Waals surface area contributed by atoms with Crippen LogP contribution in [0.15, 0.2) is 24.3 Å². The van der Waals surface area contributed by atoms with Crippen molar-refractivity contribution < 1.29 is 19.1 Å². The van der Waals surface area contributed by atoms with Gasteiger partial charge in [-0.25, -0.2) is 0 Å². The Balaban J connectivity index is 1.84. The van der Waals surface area contributed by atoms with Crippen molar-refractivity contribution in [3.05, 3.63) is 24.3 Å². The first-order chi connectivity index (χ1) is 13.2. The van der Waals surface area contributed by atoms with Crippen LogP contribution in [0.3, 0.4) is 0 Å². The third kappa shape index (κ3) is 6.77. The molecule has 6 nitrogen and oxygen atoms in total. The molecule has 27 heavy (non-hydrogen) atoms. The lowest BCUT2D eigenvalue weighted by atomic mass is 10.2. The minimum absolute atomic E-state index is 0.142. The minimum Gasteiger partial charge on any atom is -0.494 e. The summed E-state index contributed by atoms with van der Waals surface area (Å²) in [5, 5.41) is 3.87. The molecule has 0 saturated carbocycles. The van der Waals surface area contributed by atoms with E-state index in [-0.39, 0.29) is 11.9 Å². The van der Waals surface area contributed by atoms with E-state index in [0.717, 1.165) is 43.5 Å². The van der Waals surface area contributed by atoms with Gasteiger partial charge in [0, 0.05) is 32.0 Å². The number of rotatable bonds is 12. The number of hydrogen-bond acceptors (Lipinski definition) is 5. The molecule has 1 fully saturated rings. The smallest absolute Gasteiger partial charge is 0.305 e. The van der Waals surface area contributed by atoms with Gasteiger partial charge < -0.3 is 9.47 Å². The SMILES string of the molecule is CCCCOc1cccc(N2CCC(=O)N2CCCCCC(=O)OCC)c1. The van der Waals surface area contributed by atoms with Gasteiger partial charge in [0.2, 0.25) is 5.91 Å². The molecular formula is C21H32N2O4. The van der Waals surface area contributed by atoms with Gasteiger partial charge in [-0.1, -0.05) is 25.8 Å². The highest BCUT2D eigenvalue weighted by molar-refractivity contribution is 5.82. The average molecular weight is 376 g/mol. The molecule has 0 aliphatic carbocycles. The van der Waals surface area contributed by atoms with Gasteiger partial charge in [-0.3, -0.25) is 19.6 Å². The fourth-order valence-electron chi connectivity index (χ4n) is 3.11. The Bertz CT molecular complexity index is 606. The van der Waals surface area contributed by atoms with Gasteiger partial charge in [-0.15, -0.1) is 0 Å². The number of nitrogens with zero attached hydrogens (tertiary/aromatic N) is 2. The van der Waals surface area contributed by atoms with Crippen molar-refractivity contribution in [1.29, 1.82) is 0 Å². The van der Waals surface area contributed by atoms with E-state index in [4.69, 9.17) is 9.47 Å². The molecule has 0 bridgehead atoms. The first-order valence-corrected chi connectivity index (χ1v) is 10.1. The van der Waals surface area contributed by atoms with Crippen molar-refractivity contribution in [3.8, 4) is 5.75 Å². The number of carbonyl (C=O) groups excluding carboxylic acids is 2. The van der Waals surface area contributed by atoms with E-state index in [1.165, 1.54) is 0 Å². The summed E-state index contributed by atoms with van der Waals surface area (Å²) in [5.41, 5.74) is 0.987. The molecule has 0 radical (unpaired) electrons. The Morgan fingerprint density at radius 1 is 1.15 bits per heavy atom. The molecule has 150 valence electrons. The molecule has 1 aliphatic heterocycles. The van der Waals surface area contributed by atoms with Gasteiger partial charge in [0.05, 0.1) is 18.9 Å². The molecule has 1 heterocycles. The van der Waals surface area contributed by atoms with Crippen LogP contribution in [0.25, 0.3) is 0 Å². The number of hydrazine groups is 1. The predicted molar refractivity (Wildman–Crippen MR) is 106 cm³/mol. The highest BCUT2D eigenvalue weighted by atomic mass is 16.5. The number of unbranched alkanes of at least 4 members (excludes halogenated alkanes) is 3. The lowest BCUT2D eigenvalue weighted by molar-refractivity contribution is -0.143. The molecule has 2 rings (SSSR count). The summed E-state index contributed by atoms with van der Waals surface area (Å²) in [6.07, 6.45) is 5.67. The number of benzene rings is 1. The number of carbonyl (C=O) groups is 2. The van der Waals surface area contributed by atoms with Gasteiger partial charge in [0.15, 0.2) is 0 Å². The van der Waals surface area contributed by atoms with Crippen LogP contribution in [0.5, 0.6) is 5.75 Å². The highest BCUT2D eigenvalue weighted by Gasteiger charge is 2.28. The van der Waals surface area contributed by atoms with Gasteiger partial charge in [-0.2, -0.15) is 0 Å². The normalized spacial score (nSPS) is 13.9. The molecule has 1 saturated heterocycles. The summed E-state index contributed by atoms with van der Waals surface area (Å²) in [6.45, 7) is 6.46. The Morgan fingerprint density at radius 2 is 2.00 bits per heavy atom. The van der Waals surface area contributed by atoms with Crippen molar-refractivity contribution in [2.24, 2.45) is 0 Å². The van der Waals surface area contributed by atoms with E-state index in [1.807, 2.05) is 41.2 Å². The summed E-state index contributed by atoms with van der Waals surface area (Å²) in [7, 11) is 0. The third-order valence-electron chi connectivity index (χ3n) is 4.56. The fourth-order valence-corrected chi connectivity index (χ4v) is 3.11. The number of esters is 1. The number of hydrogen-bond donors (Lipinski definition) is 0. The van der Waals surface area contributed by atoms with E-state index in [9.17, 15) is 9.59 Å². The molecule has 0 unspecified atom stereocenters. The van der Waals surface area contributed by atoms with Gasteiger partial charge in [0.1, 0.15) is 5.75 Å². The van der Waals surface area contributed by atoms with E-state index in [0.29, 0.717) is 39.1 Å². The van der Waals surface area contributed by atoms with Crippen LogP contribution in [-0.4, -0.2) is 43.2 Å². The molecule has 0 spiro atoms. The quantitative estimate of drug-likeness (QED) is 0.408. The summed E-state index contributed by atoms with van der Waals surface area (Å²) in [5.74, 6) is 0.851. The fraction of sp³-hybridized carbons (Fsp3) is 0.619. The van der Waals surface area contributed by atoms with Gasteiger partial charge in [-0.05, 0) is 38.3 Å². The first-order valence-electron chi connectivity index (χ1n) is 10.1. The highest BCUT2D eigenvalue weighted by Crippen LogP contribution is 2.27. The minimum atomic E-state index is -0.142. The van der Waals surface area contributed by atoms with Crippen LogP contribution in [0, 0.1) is 0 Å². The molecule has 6 heteroatoms. The van der Waals surface area contributed by atoms with E-state index in [2.05, 4.69) is 6.92 Å². The van der Waals surface area contributed by atoms with Gasteiger partial charge >= 0.3 is 5.97 Å². The molecule has 0 aromatic heterocycles. The molecule has 1 aromatic rings. The largest absolute Gasteiger partial charge is 0.494 e. The van der Waals surface area contributed by atoms with Crippen LogP contribution in [-0.2, 0) is 14.3 Å². The lowest BCUT2D eigenvalue weighted by Gasteiger charge is -2.30. The van der Waals surface area contributed by atoms with Crippen molar-refractivity contribution in [3.63, 3.8) is 0 Å². The van der Waals surface area contributed by atoms with Gasteiger partial charge in [0.25, 0.3) is 0 Å². The van der Waals surface area contributed by atoms with E-state index in [1.54, 1.807) is 0 Å². The van der Waals surface area contributed by atoms with Crippen LogP contribution in [0.2, 0.25) is 0 Å². The number of anilines is 1. The molecule has 1 aliphatic rings. The van der Waals surface area contributed by atoms with E-state index >= 15 is 0 Å². The van der Waals surface area contributed by atoms with Crippen LogP contribution in [0.1, 0.15) is 58.8 Å². The maximum absolute atomic E-state index is 12.3.